The zero-order valence-electron chi connectivity index (χ0n) is 15.7. The molecule has 0 saturated heterocycles. The van der Waals surface area contributed by atoms with Crippen molar-refractivity contribution in [1.82, 2.24) is 9.78 Å². The maximum absolute atomic E-state index is 13.7. The van der Waals surface area contributed by atoms with Crippen molar-refractivity contribution in [2.45, 2.75) is 12.3 Å². The van der Waals surface area contributed by atoms with Gasteiger partial charge in [-0.1, -0.05) is 18.1 Å². The summed E-state index contributed by atoms with van der Waals surface area (Å²) >= 11 is 0. The molecule has 7 heteroatoms. The SMILES string of the molecule is C#CCOc1ccc(C2CC(=O)Nc3c2cnn3-c2cccc(F)c2)cc1OC. The topological polar surface area (TPSA) is 65.4 Å². The Balaban J connectivity index is 1.75. The number of carbonyl (C=O) groups is 1. The van der Waals surface area contributed by atoms with Crippen molar-refractivity contribution in [3.05, 3.63) is 65.6 Å². The third-order valence-corrected chi connectivity index (χ3v) is 4.77. The zero-order valence-corrected chi connectivity index (χ0v) is 15.7. The Morgan fingerprint density at radius 2 is 2.17 bits per heavy atom. The number of aromatic nitrogens is 2. The average Bonchev–Trinajstić information content (AvgIpc) is 3.15. The minimum atomic E-state index is -0.377. The van der Waals surface area contributed by atoms with E-state index in [9.17, 15) is 9.18 Å². The first-order chi connectivity index (χ1) is 14.1. The van der Waals surface area contributed by atoms with Gasteiger partial charge in [0.2, 0.25) is 5.91 Å². The number of carbonyl (C=O) groups excluding carboxylic acids is 1. The van der Waals surface area contributed by atoms with Crippen LogP contribution in [0.25, 0.3) is 5.69 Å². The van der Waals surface area contributed by atoms with Gasteiger partial charge in [-0.2, -0.15) is 5.10 Å². The molecule has 0 aliphatic carbocycles. The van der Waals surface area contributed by atoms with E-state index in [1.807, 2.05) is 12.1 Å². The summed E-state index contributed by atoms with van der Waals surface area (Å²) in [7, 11) is 1.54. The first-order valence-electron chi connectivity index (χ1n) is 8.98. The van der Waals surface area contributed by atoms with Crippen LogP contribution in [0.2, 0.25) is 0 Å². The molecule has 3 aromatic rings. The van der Waals surface area contributed by atoms with Crippen LogP contribution in [0.4, 0.5) is 10.2 Å². The fraction of sp³-hybridized carbons (Fsp3) is 0.182. The number of benzene rings is 2. The summed E-state index contributed by atoms with van der Waals surface area (Å²) < 4.78 is 26.1. The van der Waals surface area contributed by atoms with Gasteiger partial charge >= 0.3 is 0 Å². The smallest absolute Gasteiger partial charge is 0.226 e. The van der Waals surface area contributed by atoms with E-state index in [1.54, 1.807) is 31.5 Å². The molecule has 1 aromatic heterocycles. The van der Waals surface area contributed by atoms with E-state index < -0.39 is 0 Å². The Hall–Kier alpha value is -3.79. The van der Waals surface area contributed by atoms with Crippen LogP contribution in [-0.4, -0.2) is 29.4 Å². The molecule has 0 fully saturated rings. The second kappa shape index (κ2) is 7.68. The van der Waals surface area contributed by atoms with Gasteiger partial charge in [0.15, 0.2) is 11.5 Å². The average molecular weight is 391 g/mol. The summed E-state index contributed by atoms with van der Waals surface area (Å²) in [5, 5.41) is 7.23. The lowest BCUT2D eigenvalue weighted by Gasteiger charge is -2.24. The maximum atomic E-state index is 13.7. The fourth-order valence-corrected chi connectivity index (χ4v) is 3.46. The highest BCUT2D eigenvalue weighted by Gasteiger charge is 2.31. The lowest BCUT2D eigenvalue weighted by Crippen LogP contribution is -2.24. The third kappa shape index (κ3) is 3.52. The molecule has 146 valence electrons. The molecule has 0 spiro atoms. The van der Waals surface area contributed by atoms with E-state index in [0.717, 1.165) is 11.1 Å². The highest BCUT2D eigenvalue weighted by Crippen LogP contribution is 2.40. The minimum Gasteiger partial charge on any atom is -0.493 e. The Bertz CT molecular complexity index is 1120. The Morgan fingerprint density at radius 1 is 1.31 bits per heavy atom. The van der Waals surface area contributed by atoms with Gasteiger partial charge in [-0.05, 0) is 35.9 Å². The molecule has 29 heavy (non-hydrogen) atoms. The number of amides is 1. The van der Waals surface area contributed by atoms with Crippen molar-refractivity contribution in [2.75, 3.05) is 19.0 Å². The van der Waals surface area contributed by atoms with Gasteiger partial charge in [0.1, 0.15) is 18.2 Å². The fourth-order valence-electron chi connectivity index (χ4n) is 3.46. The largest absolute Gasteiger partial charge is 0.493 e. The van der Waals surface area contributed by atoms with Gasteiger partial charge < -0.3 is 14.8 Å². The molecule has 6 nitrogen and oxygen atoms in total. The number of nitrogens with one attached hydrogen (secondary N) is 1. The van der Waals surface area contributed by atoms with Crippen LogP contribution in [-0.2, 0) is 4.79 Å². The molecule has 1 N–H and O–H groups in total. The number of fused-ring (bicyclic) bond motifs is 1. The van der Waals surface area contributed by atoms with Crippen molar-refractivity contribution in [3.8, 4) is 29.5 Å². The predicted molar refractivity (Wildman–Crippen MR) is 106 cm³/mol. The Labute approximate surface area is 167 Å². The summed E-state index contributed by atoms with van der Waals surface area (Å²) in [5.41, 5.74) is 2.25. The lowest BCUT2D eigenvalue weighted by molar-refractivity contribution is -0.116. The molecule has 1 aliphatic heterocycles. The number of anilines is 1. The minimum absolute atomic E-state index is 0.131. The second-order valence-electron chi connectivity index (χ2n) is 6.55. The van der Waals surface area contributed by atoms with E-state index >= 15 is 0 Å². The summed E-state index contributed by atoms with van der Waals surface area (Å²) in [6.07, 6.45) is 7.20. The van der Waals surface area contributed by atoms with Crippen LogP contribution in [0.3, 0.4) is 0 Å². The third-order valence-electron chi connectivity index (χ3n) is 4.77. The van der Waals surface area contributed by atoms with Crippen molar-refractivity contribution in [1.29, 1.82) is 0 Å². The highest BCUT2D eigenvalue weighted by molar-refractivity contribution is 5.94. The first kappa shape index (κ1) is 18.6. The second-order valence-corrected chi connectivity index (χ2v) is 6.55. The number of terminal acetylenes is 1. The molecule has 0 saturated carbocycles. The first-order valence-corrected chi connectivity index (χ1v) is 8.98. The van der Waals surface area contributed by atoms with Crippen molar-refractivity contribution < 1.29 is 18.7 Å². The van der Waals surface area contributed by atoms with Crippen LogP contribution < -0.4 is 14.8 Å². The van der Waals surface area contributed by atoms with Crippen molar-refractivity contribution in [3.63, 3.8) is 0 Å². The molecule has 0 radical (unpaired) electrons. The number of nitrogens with zero attached hydrogens (tertiary/aromatic N) is 2. The van der Waals surface area contributed by atoms with E-state index in [4.69, 9.17) is 15.9 Å². The summed E-state index contributed by atoms with van der Waals surface area (Å²) in [6, 6.07) is 11.5. The van der Waals surface area contributed by atoms with Crippen LogP contribution in [0.15, 0.2) is 48.7 Å². The molecule has 0 bridgehead atoms. The number of ether oxygens (including phenoxy) is 2. The number of hydrogen-bond donors (Lipinski definition) is 1. The summed E-state index contributed by atoms with van der Waals surface area (Å²) in [4.78, 5) is 12.4. The van der Waals surface area contributed by atoms with Crippen LogP contribution in [0.1, 0.15) is 23.5 Å². The van der Waals surface area contributed by atoms with Gasteiger partial charge in [0.05, 0.1) is 19.0 Å². The van der Waals surface area contributed by atoms with E-state index in [1.165, 1.54) is 16.8 Å². The molecule has 1 unspecified atom stereocenters. The van der Waals surface area contributed by atoms with Gasteiger partial charge in [-0.25, -0.2) is 9.07 Å². The normalized spacial score (nSPS) is 15.2. The quantitative estimate of drug-likeness (QED) is 0.676. The standard InChI is InChI=1S/C22H18FN3O3/c1-3-9-29-19-8-7-14(10-20(19)28-2)17-12-21(27)25-22-18(17)13-24-26(22)16-6-4-5-15(23)11-16/h1,4-8,10-11,13,17H,9,12H2,2H3,(H,25,27). The summed E-state index contributed by atoms with van der Waals surface area (Å²) in [5.74, 6) is 3.26. The van der Waals surface area contributed by atoms with Crippen molar-refractivity contribution >= 4 is 11.7 Å². The summed E-state index contributed by atoms with van der Waals surface area (Å²) in [6.45, 7) is 0.131. The lowest BCUT2D eigenvalue weighted by atomic mass is 9.87. The van der Waals surface area contributed by atoms with Crippen LogP contribution in [0, 0.1) is 18.2 Å². The molecule has 1 amide bonds. The van der Waals surface area contributed by atoms with Gasteiger partial charge in [-0.3, -0.25) is 4.79 Å². The van der Waals surface area contributed by atoms with Crippen molar-refractivity contribution in [2.24, 2.45) is 0 Å². The van der Waals surface area contributed by atoms with Gasteiger partial charge in [0, 0.05) is 17.9 Å². The number of hydrogen-bond acceptors (Lipinski definition) is 4. The van der Waals surface area contributed by atoms with Gasteiger partial charge in [0.25, 0.3) is 0 Å². The maximum Gasteiger partial charge on any atom is 0.226 e. The Morgan fingerprint density at radius 3 is 2.93 bits per heavy atom. The molecule has 1 aliphatic rings. The number of methoxy groups -OCH3 is 1. The van der Waals surface area contributed by atoms with Crippen LogP contribution >= 0.6 is 0 Å². The predicted octanol–water partition coefficient (Wildman–Crippen LogP) is 3.51. The zero-order chi connectivity index (χ0) is 20.4. The van der Waals surface area contributed by atoms with Crippen LogP contribution in [0.5, 0.6) is 11.5 Å². The van der Waals surface area contributed by atoms with E-state index in [0.29, 0.717) is 23.0 Å². The molecular weight excluding hydrogens is 373 g/mol. The molecule has 4 rings (SSSR count). The monoisotopic (exact) mass is 391 g/mol. The number of halogens is 1. The van der Waals surface area contributed by atoms with E-state index in [-0.39, 0.29) is 30.7 Å². The highest BCUT2D eigenvalue weighted by atomic mass is 19.1. The van der Waals surface area contributed by atoms with E-state index in [2.05, 4.69) is 16.3 Å². The Kier molecular flexibility index (Phi) is 4.92. The molecule has 2 aromatic carbocycles. The number of rotatable bonds is 5. The molecule has 2 heterocycles. The molecule has 1 atom stereocenters. The molecular formula is C22H18FN3O3. The van der Waals surface area contributed by atoms with Gasteiger partial charge in [-0.15, -0.1) is 6.42 Å².